The number of unbranched alkanes of at least 4 members (excludes halogenated alkanes) is 1. The number of nitro groups is 1. The lowest BCUT2D eigenvalue weighted by molar-refractivity contribution is -0.385. The van der Waals surface area contributed by atoms with Crippen molar-refractivity contribution >= 4 is 17.3 Å². The lowest BCUT2D eigenvalue weighted by Crippen LogP contribution is -2.29. The van der Waals surface area contributed by atoms with Gasteiger partial charge in [-0.15, -0.1) is 0 Å². The summed E-state index contributed by atoms with van der Waals surface area (Å²) >= 11 is 0. The van der Waals surface area contributed by atoms with Gasteiger partial charge in [0.05, 0.1) is 23.8 Å². The van der Waals surface area contributed by atoms with Gasteiger partial charge in [-0.3, -0.25) is 10.1 Å². The molecule has 7 nitrogen and oxygen atoms in total. The number of benzene rings is 1. The van der Waals surface area contributed by atoms with Gasteiger partial charge < -0.3 is 15.2 Å². The molecule has 0 aromatic heterocycles. The fourth-order valence-electron chi connectivity index (χ4n) is 1.81. The topological polar surface area (TPSA) is 102 Å². The van der Waals surface area contributed by atoms with E-state index in [9.17, 15) is 19.3 Å². The van der Waals surface area contributed by atoms with E-state index in [1.165, 1.54) is 7.11 Å². The second-order valence-electron chi connectivity index (χ2n) is 4.44. The molecule has 0 aliphatic carbocycles. The lowest BCUT2D eigenvalue weighted by Gasteiger charge is -2.16. The van der Waals surface area contributed by atoms with E-state index in [4.69, 9.17) is 9.84 Å². The molecule has 1 atom stereocenters. The molecule has 8 heteroatoms. The van der Waals surface area contributed by atoms with E-state index >= 15 is 0 Å². The molecule has 116 valence electrons. The van der Waals surface area contributed by atoms with Gasteiger partial charge in [0.2, 0.25) is 0 Å². The molecule has 1 aromatic carbocycles. The minimum absolute atomic E-state index is 0.136. The maximum absolute atomic E-state index is 13.9. The first-order chi connectivity index (χ1) is 9.90. The highest BCUT2D eigenvalue weighted by molar-refractivity contribution is 5.77. The zero-order valence-corrected chi connectivity index (χ0v) is 11.8. The van der Waals surface area contributed by atoms with Gasteiger partial charge in [0, 0.05) is 6.07 Å². The summed E-state index contributed by atoms with van der Waals surface area (Å²) < 4.78 is 18.7. The largest absolute Gasteiger partial charge is 0.490 e. The molecule has 0 aliphatic rings. The highest BCUT2D eigenvalue weighted by Crippen LogP contribution is 2.32. The first kappa shape index (κ1) is 16.7. The van der Waals surface area contributed by atoms with Gasteiger partial charge in [0.15, 0.2) is 11.6 Å². The van der Waals surface area contributed by atoms with Crippen LogP contribution in [0.4, 0.5) is 15.8 Å². The van der Waals surface area contributed by atoms with Crippen LogP contribution in [0.15, 0.2) is 12.1 Å². The number of methoxy groups -OCH3 is 1. The third-order valence-electron chi connectivity index (χ3n) is 2.94. The van der Waals surface area contributed by atoms with Gasteiger partial charge in [0.1, 0.15) is 6.04 Å². The van der Waals surface area contributed by atoms with Crippen molar-refractivity contribution in [3.8, 4) is 5.75 Å². The molecule has 2 N–H and O–H groups in total. The van der Waals surface area contributed by atoms with Crippen molar-refractivity contribution in [2.24, 2.45) is 0 Å². The molecule has 0 saturated carbocycles. The quantitative estimate of drug-likeness (QED) is 0.565. The summed E-state index contributed by atoms with van der Waals surface area (Å²) in [5.41, 5.74) is -0.651. The van der Waals surface area contributed by atoms with Crippen molar-refractivity contribution < 1.29 is 24.0 Å². The van der Waals surface area contributed by atoms with Crippen molar-refractivity contribution in [3.05, 3.63) is 28.1 Å². The van der Waals surface area contributed by atoms with Crippen molar-refractivity contribution in [2.45, 2.75) is 32.2 Å². The Morgan fingerprint density at radius 1 is 1.57 bits per heavy atom. The molecule has 1 unspecified atom stereocenters. The molecular weight excluding hydrogens is 283 g/mol. The number of anilines is 1. The summed E-state index contributed by atoms with van der Waals surface area (Å²) in [6, 6.07) is 0.834. The van der Waals surface area contributed by atoms with Gasteiger partial charge in [-0.05, 0) is 6.42 Å². The molecule has 21 heavy (non-hydrogen) atoms. The van der Waals surface area contributed by atoms with Crippen LogP contribution >= 0.6 is 0 Å². The summed E-state index contributed by atoms with van der Waals surface area (Å²) in [5, 5.41) is 22.4. The summed E-state index contributed by atoms with van der Waals surface area (Å²) in [4.78, 5) is 21.1. The van der Waals surface area contributed by atoms with Crippen LogP contribution in [-0.4, -0.2) is 29.2 Å². The molecular formula is C13H17FN2O5. The number of ether oxygens (including phenoxy) is 1. The maximum Gasteiger partial charge on any atom is 0.326 e. The second-order valence-corrected chi connectivity index (χ2v) is 4.44. The predicted octanol–water partition coefficient (Wildman–Crippen LogP) is 2.80. The molecule has 1 rings (SSSR count). The van der Waals surface area contributed by atoms with E-state index in [0.717, 1.165) is 12.5 Å². The Bertz CT molecular complexity index is 536. The average Bonchev–Trinajstić information content (AvgIpc) is 2.43. The number of aliphatic carboxylic acids is 1. The molecule has 0 radical (unpaired) electrons. The lowest BCUT2D eigenvalue weighted by atomic mass is 10.1. The van der Waals surface area contributed by atoms with Crippen LogP contribution in [0.3, 0.4) is 0 Å². The van der Waals surface area contributed by atoms with Gasteiger partial charge in [0.25, 0.3) is 0 Å². The fraction of sp³-hybridized carbons (Fsp3) is 0.462. The monoisotopic (exact) mass is 300 g/mol. The number of hydrogen-bond acceptors (Lipinski definition) is 5. The standard InChI is InChI=1S/C13H17FN2O5/c1-3-4-5-9(13(17)18)15-10-7-12(21-2)11(16(19)20)6-8(10)14/h6-7,9,15H,3-5H2,1-2H3,(H,17,18). The maximum atomic E-state index is 13.9. The molecule has 0 saturated heterocycles. The molecule has 0 spiro atoms. The zero-order chi connectivity index (χ0) is 16.0. The predicted molar refractivity (Wildman–Crippen MR) is 74.2 cm³/mol. The summed E-state index contributed by atoms with van der Waals surface area (Å²) in [7, 11) is 1.22. The highest BCUT2D eigenvalue weighted by Gasteiger charge is 2.23. The van der Waals surface area contributed by atoms with Crippen molar-refractivity contribution in [2.75, 3.05) is 12.4 Å². The summed E-state index contributed by atoms with van der Waals surface area (Å²) in [6.07, 6.45) is 1.79. The van der Waals surface area contributed by atoms with Gasteiger partial charge in [-0.1, -0.05) is 19.8 Å². The van der Waals surface area contributed by atoms with E-state index < -0.39 is 28.4 Å². The van der Waals surface area contributed by atoms with E-state index in [2.05, 4.69) is 5.32 Å². The van der Waals surface area contributed by atoms with E-state index in [1.807, 2.05) is 6.92 Å². The number of nitrogens with zero attached hydrogens (tertiary/aromatic N) is 1. The molecule has 0 amide bonds. The van der Waals surface area contributed by atoms with Gasteiger partial charge in [-0.2, -0.15) is 0 Å². The van der Waals surface area contributed by atoms with Crippen LogP contribution in [0.1, 0.15) is 26.2 Å². The first-order valence-electron chi connectivity index (χ1n) is 6.42. The van der Waals surface area contributed by atoms with Crippen LogP contribution < -0.4 is 10.1 Å². The zero-order valence-electron chi connectivity index (χ0n) is 11.8. The number of carboxylic acids is 1. The molecule has 0 heterocycles. The number of nitrogens with one attached hydrogen (secondary N) is 1. The molecule has 1 aromatic rings. The van der Waals surface area contributed by atoms with Crippen LogP contribution in [0.5, 0.6) is 5.75 Å². The minimum atomic E-state index is -1.11. The highest BCUT2D eigenvalue weighted by atomic mass is 19.1. The Kier molecular flexibility index (Phi) is 5.89. The Labute approximate surface area is 120 Å². The van der Waals surface area contributed by atoms with Crippen LogP contribution in [0.25, 0.3) is 0 Å². The fourth-order valence-corrected chi connectivity index (χ4v) is 1.81. The minimum Gasteiger partial charge on any atom is -0.490 e. The molecule has 0 bridgehead atoms. The SMILES string of the molecule is CCCCC(Nc1cc(OC)c([N+](=O)[O-])cc1F)C(=O)O. The Morgan fingerprint density at radius 2 is 2.24 bits per heavy atom. The Balaban J connectivity index is 3.06. The van der Waals surface area contributed by atoms with Crippen molar-refractivity contribution in [1.29, 1.82) is 0 Å². The second kappa shape index (κ2) is 7.41. The van der Waals surface area contributed by atoms with Crippen LogP contribution in [0, 0.1) is 15.9 Å². The first-order valence-corrected chi connectivity index (χ1v) is 6.42. The molecule has 0 fully saturated rings. The smallest absolute Gasteiger partial charge is 0.326 e. The normalized spacial score (nSPS) is 11.8. The Hall–Kier alpha value is -2.38. The number of rotatable bonds is 8. The van der Waals surface area contributed by atoms with E-state index in [1.54, 1.807) is 0 Å². The summed E-state index contributed by atoms with van der Waals surface area (Å²) in [5.74, 6) is -2.14. The van der Waals surface area contributed by atoms with Crippen LogP contribution in [0.2, 0.25) is 0 Å². The number of halogens is 1. The average molecular weight is 300 g/mol. The molecule has 0 aliphatic heterocycles. The van der Waals surface area contributed by atoms with Crippen molar-refractivity contribution in [3.63, 3.8) is 0 Å². The van der Waals surface area contributed by atoms with E-state index in [0.29, 0.717) is 18.9 Å². The summed E-state index contributed by atoms with van der Waals surface area (Å²) in [6.45, 7) is 1.91. The van der Waals surface area contributed by atoms with E-state index in [-0.39, 0.29) is 11.4 Å². The third-order valence-corrected chi connectivity index (χ3v) is 2.94. The third kappa shape index (κ3) is 4.30. The van der Waals surface area contributed by atoms with Gasteiger partial charge in [-0.25, -0.2) is 9.18 Å². The van der Waals surface area contributed by atoms with Crippen molar-refractivity contribution in [1.82, 2.24) is 0 Å². The number of carboxylic acid groups (broad SMARTS) is 1. The van der Waals surface area contributed by atoms with Gasteiger partial charge >= 0.3 is 11.7 Å². The number of carbonyl (C=O) groups is 1. The number of nitro benzene ring substituents is 1. The Morgan fingerprint density at radius 3 is 2.71 bits per heavy atom. The van der Waals surface area contributed by atoms with Crippen LogP contribution in [-0.2, 0) is 4.79 Å². The number of hydrogen-bond donors (Lipinski definition) is 2.